The second-order valence-corrected chi connectivity index (χ2v) is 12.3. The molecule has 0 saturated heterocycles. The highest BCUT2D eigenvalue weighted by Gasteiger charge is 2.31. The van der Waals surface area contributed by atoms with E-state index in [0.717, 1.165) is 19.6 Å². The van der Waals surface area contributed by atoms with E-state index in [4.69, 9.17) is 0 Å². The molecule has 3 nitrogen and oxygen atoms in total. The van der Waals surface area contributed by atoms with Crippen LogP contribution in [0.2, 0.25) is 0 Å². The maximum atomic E-state index is 2.54. The molecule has 0 atom stereocenters. The molecule has 0 saturated carbocycles. The molecule has 0 bridgehead atoms. The van der Waals surface area contributed by atoms with Gasteiger partial charge in [0.05, 0.1) is 0 Å². The van der Waals surface area contributed by atoms with E-state index in [2.05, 4.69) is 161 Å². The van der Waals surface area contributed by atoms with E-state index in [-0.39, 0.29) is 5.92 Å². The van der Waals surface area contributed by atoms with E-state index in [9.17, 15) is 0 Å². The van der Waals surface area contributed by atoms with E-state index < -0.39 is 0 Å². The normalized spacial score (nSPS) is 13.9. The SMILES string of the molecule is CN1Cc2ccc(CN3c4ccccc4C(Cn4c5ccccc5c5ccccc54)c4ccccc43)cc2-c2ccccc21. The minimum absolute atomic E-state index is 0.240. The molecule has 7 aromatic rings. The highest BCUT2D eigenvalue weighted by atomic mass is 15.2. The Balaban J connectivity index is 1.15. The van der Waals surface area contributed by atoms with Crippen LogP contribution in [0.4, 0.5) is 17.1 Å². The molecular weight excluding hydrogens is 534 g/mol. The Labute approximate surface area is 258 Å². The van der Waals surface area contributed by atoms with Crippen molar-refractivity contribution in [2.24, 2.45) is 0 Å². The van der Waals surface area contributed by atoms with Crippen molar-refractivity contribution in [2.45, 2.75) is 25.6 Å². The summed E-state index contributed by atoms with van der Waals surface area (Å²) in [5, 5.41) is 2.64. The minimum Gasteiger partial charge on any atom is -0.370 e. The third-order valence-electron chi connectivity index (χ3n) is 9.78. The molecule has 0 fully saturated rings. The van der Waals surface area contributed by atoms with Gasteiger partial charge in [-0.15, -0.1) is 0 Å². The van der Waals surface area contributed by atoms with Crippen LogP contribution in [0.15, 0.2) is 140 Å². The lowest BCUT2D eigenvalue weighted by Crippen LogP contribution is -2.27. The van der Waals surface area contributed by atoms with Crippen LogP contribution in [0.25, 0.3) is 32.9 Å². The predicted molar refractivity (Wildman–Crippen MR) is 184 cm³/mol. The van der Waals surface area contributed by atoms with Gasteiger partial charge in [0.2, 0.25) is 0 Å². The number of benzene rings is 6. The highest BCUT2D eigenvalue weighted by Crippen LogP contribution is 2.48. The molecule has 6 aromatic carbocycles. The Morgan fingerprint density at radius 1 is 0.568 bits per heavy atom. The third kappa shape index (κ3) is 3.82. The first-order valence-corrected chi connectivity index (χ1v) is 15.6. The van der Waals surface area contributed by atoms with Crippen molar-refractivity contribution in [1.82, 2.24) is 4.57 Å². The summed E-state index contributed by atoms with van der Waals surface area (Å²) in [6.07, 6.45) is 0. The zero-order valence-corrected chi connectivity index (χ0v) is 24.8. The van der Waals surface area contributed by atoms with Gasteiger partial charge >= 0.3 is 0 Å². The molecule has 0 unspecified atom stereocenters. The fraction of sp³-hybridized carbons (Fsp3) is 0.122. The summed E-state index contributed by atoms with van der Waals surface area (Å²) in [6, 6.07) is 51.7. The fourth-order valence-electron chi connectivity index (χ4n) is 7.77. The molecule has 0 radical (unpaired) electrons. The van der Waals surface area contributed by atoms with Crippen LogP contribution in [0.5, 0.6) is 0 Å². The summed E-state index contributed by atoms with van der Waals surface area (Å²) in [4.78, 5) is 4.89. The van der Waals surface area contributed by atoms with E-state index in [1.54, 1.807) is 0 Å². The standard InChI is InChI=1S/C41H33N3/c1-42-26-29-23-22-28(24-35(29)32-14-2-7-17-37(32)42)25-43-40-20-10-5-15-33(40)36(34-16-6-11-21-41(34)43)27-44-38-18-8-3-12-30(38)31-13-4-9-19-39(31)44/h2-24,36H,25-27H2,1H3. The number of hydrogen-bond donors (Lipinski definition) is 0. The zero-order chi connectivity index (χ0) is 29.2. The molecule has 3 heterocycles. The van der Waals surface area contributed by atoms with Gasteiger partial charge in [0.25, 0.3) is 0 Å². The summed E-state index contributed by atoms with van der Waals surface area (Å²) in [5.41, 5.74) is 14.7. The first-order valence-electron chi connectivity index (χ1n) is 15.6. The van der Waals surface area contributed by atoms with E-state index >= 15 is 0 Å². The summed E-state index contributed by atoms with van der Waals surface area (Å²) in [6.45, 7) is 2.65. The van der Waals surface area contributed by atoms with Crippen molar-refractivity contribution in [3.8, 4) is 11.1 Å². The molecule has 0 spiro atoms. The van der Waals surface area contributed by atoms with E-state index in [0.29, 0.717) is 0 Å². The molecule has 44 heavy (non-hydrogen) atoms. The monoisotopic (exact) mass is 567 g/mol. The quantitative estimate of drug-likeness (QED) is 0.210. The first kappa shape index (κ1) is 25.2. The van der Waals surface area contributed by atoms with Gasteiger partial charge in [-0.2, -0.15) is 0 Å². The van der Waals surface area contributed by atoms with Crippen LogP contribution < -0.4 is 9.80 Å². The van der Waals surface area contributed by atoms with Crippen molar-refractivity contribution in [2.75, 3.05) is 16.8 Å². The second kappa shape index (κ2) is 9.89. The van der Waals surface area contributed by atoms with Crippen LogP contribution in [0, 0.1) is 0 Å². The minimum atomic E-state index is 0.240. The van der Waals surface area contributed by atoms with Gasteiger partial charge in [-0.1, -0.05) is 103 Å². The van der Waals surface area contributed by atoms with E-state index in [1.807, 2.05) is 0 Å². The third-order valence-corrected chi connectivity index (χ3v) is 9.78. The molecule has 1 aromatic heterocycles. The Hall–Kier alpha value is -5.28. The van der Waals surface area contributed by atoms with Crippen LogP contribution in [0.3, 0.4) is 0 Å². The Kier molecular flexibility index (Phi) is 5.67. The molecule has 0 amide bonds. The first-order chi connectivity index (χ1) is 21.7. The smallest absolute Gasteiger partial charge is 0.0491 e. The summed E-state index contributed by atoms with van der Waals surface area (Å²) >= 11 is 0. The number of fused-ring (bicyclic) bond motifs is 8. The predicted octanol–water partition coefficient (Wildman–Crippen LogP) is 9.90. The van der Waals surface area contributed by atoms with Crippen molar-refractivity contribution in [3.63, 3.8) is 0 Å². The number of aromatic nitrogens is 1. The number of nitrogens with zero attached hydrogens (tertiary/aromatic N) is 3. The largest absolute Gasteiger partial charge is 0.370 e. The van der Waals surface area contributed by atoms with Crippen LogP contribution >= 0.6 is 0 Å². The molecule has 2 aliphatic rings. The van der Waals surface area contributed by atoms with Gasteiger partial charge in [-0.05, 0) is 64.2 Å². The van der Waals surface area contributed by atoms with Gasteiger partial charge in [0, 0.05) is 77.0 Å². The van der Waals surface area contributed by atoms with Gasteiger partial charge in [0.1, 0.15) is 0 Å². The van der Waals surface area contributed by atoms with Gasteiger partial charge in [-0.25, -0.2) is 0 Å². The van der Waals surface area contributed by atoms with Crippen molar-refractivity contribution < 1.29 is 0 Å². The van der Waals surface area contributed by atoms with Crippen molar-refractivity contribution in [3.05, 3.63) is 162 Å². The molecule has 212 valence electrons. The lowest BCUT2D eigenvalue weighted by Gasteiger charge is -2.38. The van der Waals surface area contributed by atoms with Gasteiger partial charge < -0.3 is 14.4 Å². The lowest BCUT2D eigenvalue weighted by molar-refractivity contribution is 0.647. The average molecular weight is 568 g/mol. The Bertz CT molecular complexity index is 2110. The Morgan fingerprint density at radius 2 is 1.14 bits per heavy atom. The average Bonchev–Trinajstić information content (AvgIpc) is 3.40. The summed E-state index contributed by atoms with van der Waals surface area (Å²) in [7, 11) is 2.19. The van der Waals surface area contributed by atoms with Crippen LogP contribution in [0.1, 0.15) is 28.2 Å². The number of para-hydroxylation sites is 5. The fourth-order valence-corrected chi connectivity index (χ4v) is 7.77. The molecule has 9 rings (SSSR count). The van der Waals surface area contributed by atoms with E-state index in [1.165, 1.54) is 72.2 Å². The zero-order valence-electron chi connectivity index (χ0n) is 24.8. The molecule has 3 heteroatoms. The number of hydrogen-bond acceptors (Lipinski definition) is 2. The van der Waals surface area contributed by atoms with Crippen LogP contribution in [-0.2, 0) is 19.6 Å². The lowest BCUT2D eigenvalue weighted by atomic mass is 9.84. The Morgan fingerprint density at radius 3 is 1.82 bits per heavy atom. The summed E-state index contributed by atoms with van der Waals surface area (Å²) in [5.74, 6) is 0.240. The topological polar surface area (TPSA) is 11.4 Å². The maximum absolute atomic E-state index is 2.54. The molecule has 0 aliphatic carbocycles. The number of anilines is 3. The van der Waals surface area contributed by atoms with Crippen LogP contribution in [-0.4, -0.2) is 11.6 Å². The second-order valence-electron chi connectivity index (χ2n) is 12.3. The van der Waals surface area contributed by atoms with Crippen molar-refractivity contribution in [1.29, 1.82) is 0 Å². The highest BCUT2D eigenvalue weighted by molar-refractivity contribution is 6.08. The molecular formula is C41H33N3. The summed E-state index contributed by atoms with van der Waals surface area (Å²) < 4.78 is 2.54. The van der Waals surface area contributed by atoms with Gasteiger partial charge in [0.15, 0.2) is 0 Å². The molecule has 0 N–H and O–H groups in total. The molecule has 2 aliphatic heterocycles. The van der Waals surface area contributed by atoms with Gasteiger partial charge in [-0.3, -0.25) is 0 Å². The maximum Gasteiger partial charge on any atom is 0.0491 e. The number of rotatable bonds is 4. The van der Waals surface area contributed by atoms with Crippen molar-refractivity contribution >= 4 is 38.9 Å².